The maximum Gasteiger partial charge on any atom is 0.265 e. The van der Waals surface area contributed by atoms with E-state index in [0.29, 0.717) is 19.4 Å². The number of nitrogens with zero attached hydrogens (tertiary/aromatic N) is 1. The molecular weight excluding hydrogens is 170 g/mol. The van der Waals surface area contributed by atoms with Crippen molar-refractivity contribution in [2.24, 2.45) is 11.5 Å². The number of hydrogen-bond acceptors (Lipinski definition) is 4. The minimum absolute atomic E-state index is 0.109. The molecule has 0 heterocycles. The summed E-state index contributed by atoms with van der Waals surface area (Å²) in [4.78, 5) is 9.93. The number of rotatable bonds is 3. The summed E-state index contributed by atoms with van der Waals surface area (Å²) < 4.78 is 0. The minimum atomic E-state index is -0.492. The van der Waals surface area contributed by atoms with Gasteiger partial charge in [0.25, 0.3) is 5.70 Å². The predicted octanol–water partition coefficient (Wildman–Crippen LogP) is 0.153. The van der Waals surface area contributed by atoms with Gasteiger partial charge in [0, 0.05) is 11.6 Å². The molecule has 0 spiro atoms. The molecule has 0 aliphatic heterocycles. The third kappa shape index (κ3) is 2.37. The maximum atomic E-state index is 10.3. The largest absolute Gasteiger partial charge is 0.330 e. The number of nitrogens with two attached hydrogens (primary N) is 2. The number of hydrogen-bond donors (Lipinski definition) is 2. The first-order valence-corrected chi connectivity index (χ1v) is 4.10. The lowest BCUT2D eigenvalue weighted by Crippen LogP contribution is -2.40. The highest BCUT2D eigenvalue weighted by atomic mass is 16.6. The third-order valence-corrected chi connectivity index (χ3v) is 2.10. The van der Waals surface area contributed by atoms with E-state index >= 15 is 0 Å². The lowest BCUT2D eigenvalue weighted by molar-refractivity contribution is -0.419. The molecule has 13 heavy (non-hydrogen) atoms. The molecule has 1 rings (SSSR count). The van der Waals surface area contributed by atoms with E-state index in [0.717, 1.165) is 0 Å². The molecule has 4 N–H and O–H groups in total. The van der Waals surface area contributed by atoms with Crippen LogP contribution in [0.3, 0.4) is 0 Å². The first-order chi connectivity index (χ1) is 6.07. The second-order valence-corrected chi connectivity index (χ2v) is 3.20. The lowest BCUT2D eigenvalue weighted by atomic mass is 9.88. The van der Waals surface area contributed by atoms with Crippen LogP contribution in [0.2, 0.25) is 0 Å². The summed E-state index contributed by atoms with van der Waals surface area (Å²) in [6.07, 6.45) is 5.77. The molecule has 0 radical (unpaired) electrons. The van der Waals surface area contributed by atoms with Crippen LogP contribution in [0.15, 0.2) is 23.9 Å². The van der Waals surface area contributed by atoms with E-state index in [2.05, 4.69) is 0 Å². The van der Waals surface area contributed by atoms with Crippen LogP contribution in [0.25, 0.3) is 0 Å². The van der Waals surface area contributed by atoms with Crippen LogP contribution in [0, 0.1) is 10.1 Å². The summed E-state index contributed by atoms with van der Waals surface area (Å²) in [7, 11) is 0. The van der Waals surface area contributed by atoms with Gasteiger partial charge in [-0.25, -0.2) is 0 Å². The summed E-state index contributed by atoms with van der Waals surface area (Å²) in [6, 6.07) is 0. The zero-order valence-corrected chi connectivity index (χ0v) is 7.27. The van der Waals surface area contributed by atoms with E-state index in [1.165, 1.54) is 12.2 Å². The van der Waals surface area contributed by atoms with Crippen molar-refractivity contribution in [3.05, 3.63) is 34.0 Å². The van der Waals surface area contributed by atoms with E-state index in [4.69, 9.17) is 11.5 Å². The van der Waals surface area contributed by atoms with Crippen molar-refractivity contribution in [1.82, 2.24) is 0 Å². The topological polar surface area (TPSA) is 95.2 Å². The smallest absolute Gasteiger partial charge is 0.265 e. The molecule has 1 aliphatic rings. The Morgan fingerprint density at radius 2 is 2.38 bits per heavy atom. The van der Waals surface area contributed by atoms with Crippen molar-refractivity contribution in [3.8, 4) is 0 Å². The van der Waals surface area contributed by atoms with Gasteiger partial charge in [0.2, 0.25) is 0 Å². The van der Waals surface area contributed by atoms with Crippen LogP contribution >= 0.6 is 0 Å². The van der Waals surface area contributed by atoms with Crippen molar-refractivity contribution in [2.45, 2.75) is 18.4 Å². The van der Waals surface area contributed by atoms with Crippen LogP contribution in [-0.4, -0.2) is 17.0 Å². The van der Waals surface area contributed by atoms with Crippen molar-refractivity contribution < 1.29 is 4.92 Å². The van der Waals surface area contributed by atoms with E-state index < -0.39 is 10.5 Å². The summed E-state index contributed by atoms with van der Waals surface area (Å²) in [5, 5.41) is 10.3. The average Bonchev–Trinajstić information content (AvgIpc) is 2.05. The third-order valence-electron chi connectivity index (χ3n) is 2.10. The Morgan fingerprint density at radius 1 is 1.69 bits per heavy atom. The molecule has 1 unspecified atom stereocenters. The number of allylic oxidation sites excluding steroid dienone is 1. The van der Waals surface area contributed by atoms with Crippen molar-refractivity contribution in [1.29, 1.82) is 0 Å². The Bertz CT molecular complexity index is 273. The van der Waals surface area contributed by atoms with Crippen LogP contribution in [0.5, 0.6) is 0 Å². The molecule has 0 saturated heterocycles. The minimum Gasteiger partial charge on any atom is -0.330 e. The standard InChI is InChI=1S/C8H13N3O2/c9-6-5-8(10)3-1-7(2-4-8)11(12)13/h1-3H,4-6,9-10H2. The van der Waals surface area contributed by atoms with Crippen molar-refractivity contribution in [3.63, 3.8) is 0 Å². The molecule has 0 aromatic heterocycles. The monoisotopic (exact) mass is 183 g/mol. The van der Waals surface area contributed by atoms with Gasteiger partial charge in [0.05, 0.1) is 4.92 Å². The highest BCUT2D eigenvalue weighted by molar-refractivity contribution is 5.24. The van der Waals surface area contributed by atoms with Crippen LogP contribution < -0.4 is 11.5 Å². The molecule has 72 valence electrons. The fourth-order valence-electron chi connectivity index (χ4n) is 1.27. The first-order valence-electron chi connectivity index (χ1n) is 4.10. The molecule has 0 amide bonds. The molecule has 1 atom stereocenters. The summed E-state index contributed by atoms with van der Waals surface area (Å²) in [6.45, 7) is 0.489. The Hall–Kier alpha value is -1.20. The van der Waals surface area contributed by atoms with Gasteiger partial charge in [0.1, 0.15) is 0 Å². The Labute approximate surface area is 76.2 Å². The van der Waals surface area contributed by atoms with Crippen LogP contribution in [0.4, 0.5) is 0 Å². The van der Waals surface area contributed by atoms with E-state index in [1.807, 2.05) is 0 Å². The molecule has 5 heteroatoms. The van der Waals surface area contributed by atoms with Crippen molar-refractivity contribution in [2.75, 3.05) is 6.54 Å². The van der Waals surface area contributed by atoms with Gasteiger partial charge in [-0.3, -0.25) is 10.1 Å². The Kier molecular flexibility index (Phi) is 2.79. The van der Waals surface area contributed by atoms with Gasteiger partial charge in [-0.05, 0) is 25.5 Å². The van der Waals surface area contributed by atoms with Gasteiger partial charge >= 0.3 is 0 Å². The highest BCUT2D eigenvalue weighted by Crippen LogP contribution is 2.21. The fourth-order valence-corrected chi connectivity index (χ4v) is 1.27. The van der Waals surface area contributed by atoms with Gasteiger partial charge in [0.15, 0.2) is 0 Å². The quantitative estimate of drug-likeness (QED) is 0.481. The normalized spacial score (nSPS) is 27.1. The SMILES string of the molecule is NCCC1(N)C=CC([N+](=O)[O-])=CC1. The van der Waals surface area contributed by atoms with Gasteiger partial charge < -0.3 is 11.5 Å². The maximum absolute atomic E-state index is 10.3. The van der Waals surface area contributed by atoms with E-state index in [9.17, 15) is 10.1 Å². The Morgan fingerprint density at radius 3 is 2.77 bits per heavy atom. The zero-order valence-electron chi connectivity index (χ0n) is 7.27. The summed E-state index contributed by atoms with van der Waals surface area (Å²) in [5.41, 5.74) is 10.9. The van der Waals surface area contributed by atoms with Crippen LogP contribution in [-0.2, 0) is 0 Å². The molecule has 0 aromatic rings. The van der Waals surface area contributed by atoms with E-state index in [1.54, 1.807) is 6.08 Å². The lowest BCUT2D eigenvalue weighted by Gasteiger charge is -2.25. The molecule has 0 fully saturated rings. The average molecular weight is 183 g/mol. The fraction of sp³-hybridized carbons (Fsp3) is 0.500. The van der Waals surface area contributed by atoms with Gasteiger partial charge in [-0.2, -0.15) is 0 Å². The summed E-state index contributed by atoms with van der Waals surface area (Å²) >= 11 is 0. The second kappa shape index (κ2) is 3.68. The predicted molar refractivity (Wildman–Crippen MR) is 49.4 cm³/mol. The van der Waals surface area contributed by atoms with E-state index in [-0.39, 0.29) is 5.70 Å². The Balaban J connectivity index is 2.67. The first kappa shape index (κ1) is 9.88. The van der Waals surface area contributed by atoms with Crippen molar-refractivity contribution >= 4 is 0 Å². The highest BCUT2D eigenvalue weighted by Gasteiger charge is 2.25. The molecule has 1 aliphatic carbocycles. The zero-order chi connectivity index (χ0) is 9.90. The second-order valence-electron chi connectivity index (χ2n) is 3.20. The molecule has 5 nitrogen and oxygen atoms in total. The molecule has 0 aromatic carbocycles. The molecule has 0 saturated carbocycles. The van der Waals surface area contributed by atoms with Gasteiger partial charge in [-0.15, -0.1) is 0 Å². The molecular formula is C8H13N3O2. The van der Waals surface area contributed by atoms with Gasteiger partial charge in [-0.1, -0.05) is 6.08 Å². The molecule has 0 bridgehead atoms. The van der Waals surface area contributed by atoms with Crippen LogP contribution in [0.1, 0.15) is 12.8 Å². The summed E-state index contributed by atoms with van der Waals surface area (Å²) in [5.74, 6) is 0. The number of nitro groups is 1.